The number of carbonyl (C=O) groups is 12. The van der Waals surface area contributed by atoms with E-state index in [1.807, 2.05) is 13.8 Å². The molecule has 0 aromatic rings. The number of aliphatic imine (C=N–C) groups is 3. The average molecular weight is 1260 g/mol. The Bertz CT molecular complexity index is 2390. The molecule has 1 saturated heterocycles. The minimum absolute atomic E-state index is 0.0185. The number of likely N-dealkylation sites (N-methyl/N-ethyl adjacent to an activating group) is 2. The van der Waals surface area contributed by atoms with E-state index in [0.29, 0.717) is 19.3 Å². The normalized spacial score (nSPS) is 15.0. The van der Waals surface area contributed by atoms with Crippen molar-refractivity contribution < 1.29 is 67.4 Å². The molecule has 0 bridgehead atoms. The van der Waals surface area contributed by atoms with Crippen LogP contribution in [0.1, 0.15) is 91.4 Å². The molecular formula is C51H93N21O14S. The number of aliphatic carboxylic acids is 1. The molecule has 1 heterocycles. The van der Waals surface area contributed by atoms with E-state index >= 15 is 0 Å². The van der Waals surface area contributed by atoms with Crippen LogP contribution in [0.3, 0.4) is 0 Å². The third-order valence-electron chi connectivity index (χ3n) is 12.9. The van der Waals surface area contributed by atoms with Crippen LogP contribution in [0.4, 0.5) is 0 Å². The number of hydrogen-bond donors (Lipinski definition) is 18. The SMILES string of the molecule is CNC(=O)[C@@H](CCCN=C(N)N)NC(=O)[C@@H](CCCN=C(N)N)NC(=O)[C@@H](CCCN=C(N)N)NC(=O)CNC(=O)[C@H](C)NC(=O)[C@H](CSC)NC(=O)CNC(=O)[C@H](CC(C)C)NC(=O)[C@@H]1CCCN1C(=O)COCCNC(=O)[C@@H](CCC(=O)O)NC. The fraction of sp³-hybridized carbons (Fsp3) is 0.706. The Morgan fingerprint density at radius 3 is 1.55 bits per heavy atom. The summed E-state index contributed by atoms with van der Waals surface area (Å²) < 4.78 is 5.46. The molecule has 0 spiro atoms. The van der Waals surface area contributed by atoms with Gasteiger partial charge in [-0.1, -0.05) is 13.8 Å². The maximum atomic E-state index is 13.9. The fourth-order valence-electron chi connectivity index (χ4n) is 8.46. The highest BCUT2D eigenvalue weighted by Crippen LogP contribution is 2.19. The highest BCUT2D eigenvalue weighted by molar-refractivity contribution is 7.98. The topological polar surface area (TPSA) is 563 Å². The second-order valence-corrected chi connectivity index (χ2v) is 21.4. The van der Waals surface area contributed by atoms with E-state index in [2.05, 4.69) is 73.5 Å². The van der Waals surface area contributed by atoms with Crippen LogP contribution >= 0.6 is 11.8 Å². The zero-order chi connectivity index (χ0) is 65.6. The van der Waals surface area contributed by atoms with Crippen LogP contribution in [-0.4, -0.2) is 232 Å². The molecule has 0 saturated carbocycles. The Morgan fingerprint density at radius 2 is 1.07 bits per heavy atom. The van der Waals surface area contributed by atoms with E-state index in [1.165, 1.54) is 37.7 Å². The summed E-state index contributed by atoms with van der Waals surface area (Å²) >= 11 is 1.19. The van der Waals surface area contributed by atoms with Crippen LogP contribution in [0.15, 0.2) is 15.0 Å². The lowest BCUT2D eigenvalue weighted by molar-refractivity contribution is -0.142. The van der Waals surface area contributed by atoms with E-state index in [1.54, 1.807) is 6.26 Å². The van der Waals surface area contributed by atoms with Crippen molar-refractivity contribution in [2.24, 2.45) is 55.3 Å². The molecule has 492 valence electrons. The first-order valence-electron chi connectivity index (χ1n) is 28.4. The van der Waals surface area contributed by atoms with Crippen LogP contribution in [-0.2, 0) is 62.3 Å². The maximum absolute atomic E-state index is 13.9. The number of likely N-dealkylation sites (tertiary alicyclic amines) is 1. The first-order chi connectivity index (χ1) is 41.1. The highest BCUT2D eigenvalue weighted by atomic mass is 32.2. The number of carboxylic acid groups (broad SMARTS) is 1. The number of amides is 11. The first kappa shape index (κ1) is 76.7. The number of thioether (sulfide) groups is 1. The van der Waals surface area contributed by atoms with E-state index in [4.69, 9.17) is 44.2 Å². The van der Waals surface area contributed by atoms with Crippen molar-refractivity contribution in [2.75, 3.05) is 85.1 Å². The molecular weight excluding hydrogens is 1160 g/mol. The molecule has 24 N–H and O–H groups in total. The Balaban J connectivity index is 2.98. The minimum atomic E-state index is -1.32. The molecule has 1 aliphatic rings. The van der Waals surface area contributed by atoms with Gasteiger partial charge in [0, 0.05) is 51.9 Å². The quantitative estimate of drug-likeness (QED) is 0.0153. The smallest absolute Gasteiger partial charge is 0.303 e. The van der Waals surface area contributed by atoms with Gasteiger partial charge >= 0.3 is 5.97 Å². The van der Waals surface area contributed by atoms with Gasteiger partial charge in [0.1, 0.15) is 48.9 Å². The molecule has 0 aliphatic carbocycles. The van der Waals surface area contributed by atoms with Crippen molar-refractivity contribution in [1.29, 1.82) is 0 Å². The standard InChI is InChI=1S/C51H93N21O14S/c1-28(2)23-34(71-48(85)36-14-10-21-72(36)39(75)26-86-22-20-60-43(80)30(58-4)15-16-40(76)77)44(81)65-25-38(74)68-35(27-87-6)47(84)66-29(3)41(78)64-24-37(73)67-32(12-8-18-62-50(54)55)45(82)70-33(13-9-19-63-51(56)57)46(83)69-31(42(79)59-5)11-7-17-61-49(52)53/h28-36,58H,7-27H2,1-6H3,(H,59,79)(H,60,80)(H,64,78)(H,65,81)(H,66,84)(H,67,73)(H,68,74)(H,69,83)(H,70,82)(H,71,85)(H,76,77)(H4,52,53,61)(H4,54,55,62)(H4,56,57,63)/t29-,30+,31+,32+,33+,34-,35-,36-/m0/s1. The Kier molecular flexibility index (Phi) is 37.5. The van der Waals surface area contributed by atoms with Crippen LogP contribution in [0.2, 0.25) is 0 Å². The number of carboxylic acids is 1. The fourth-order valence-corrected chi connectivity index (χ4v) is 9.03. The van der Waals surface area contributed by atoms with Crippen molar-refractivity contribution in [3.05, 3.63) is 0 Å². The summed E-state index contributed by atoms with van der Waals surface area (Å²) in [7, 11) is 2.90. The van der Waals surface area contributed by atoms with Crippen LogP contribution < -0.4 is 92.9 Å². The molecule has 0 unspecified atom stereocenters. The second-order valence-electron chi connectivity index (χ2n) is 20.5. The van der Waals surface area contributed by atoms with E-state index in [9.17, 15) is 57.5 Å². The molecule has 8 atom stereocenters. The number of nitrogens with zero attached hydrogens (tertiary/aromatic N) is 4. The van der Waals surface area contributed by atoms with Gasteiger partial charge in [0.2, 0.25) is 65.0 Å². The van der Waals surface area contributed by atoms with Gasteiger partial charge in [0.15, 0.2) is 17.9 Å². The van der Waals surface area contributed by atoms with Crippen molar-refractivity contribution >= 4 is 101 Å². The molecule has 87 heavy (non-hydrogen) atoms. The molecule has 35 nitrogen and oxygen atoms in total. The Labute approximate surface area is 509 Å². The van der Waals surface area contributed by atoms with Crippen molar-refractivity contribution in [3.63, 3.8) is 0 Å². The van der Waals surface area contributed by atoms with Gasteiger partial charge in [-0.05, 0) is 90.4 Å². The molecule has 11 amide bonds. The van der Waals surface area contributed by atoms with Gasteiger partial charge in [-0.25, -0.2) is 0 Å². The van der Waals surface area contributed by atoms with Crippen molar-refractivity contribution in [3.8, 4) is 0 Å². The van der Waals surface area contributed by atoms with Crippen LogP contribution in [0.5, 0.6) is 0 Å². The highest BCUT2D eigenvalue weighted by Gasteiger charge is 2.37. The number of nitrogens with one attached hydrogen (secondary N) is 11. The van der Waals surface area contributed by atoms with Gasteiger partial charge in [-0.15, -0.1) is 0 Å². The lowest BCUT2D eigenvalue weighted by Crippen LogP contribution is -2.57. The van der Waals surface area contributed by atoms with Gasteiger partial charge in [-0.2, -0.15) is 11.8 Å². The lowest BCUT2D eigenvalue weighted by Gasteiger charge is -2.27. The van der Waals surface area contributed by atoms with Gasteiger partial charge < -0.3 is 108 Å². The average Bonchev–Trinajstić information content (AvgIpc) is 3.05. The second kappa shape index (κ2) is 42.5. The number of carbonyl (C=O) groups excluding carboxylic acids is 11. The summed E-state index contributed by atoms with van der Waals surface area (Å²) in [5, 5.41) is 37.1. The minimum Gasteiger partial charge on any atom is -0.481 e. The largest absolute Gasteiger partial charge is 0.481 e. The predicted octanol–water partition coefficient (Wildman–Crippen LogP) is -7.96. The van der Waals surface area contributed by atoms with Crippen molar-refractivity contribution in [2.45, 2.75) is 140 Å². The zero-order valence-electron chi connectivity index (χ0n) is 50.5. The Hall–Kier alpha value is -8.28. The molecule has 0 aromatic carbocycles. The van der Waals surface area contributed by atoms with Crippen molar-refractivity contribution in [1.82, 2.24) is 63.4 Å². The molecule has 0 radical (unpaired) electrons. The number of guanidine groups is 3. The zero-order valence-corrected chi connectivity index (χ0v) is 51.3. The van der Waals surface area contributed by atoms with Crippen LogP contribution in [0.25, 0.3) is 0 Å². The van der Waals surface area contributed by atoms with Gasteiger partial charge in [0.25, 0.3) is 0 Å². The third-order valence-corrected chi connectivity index (χ3v) is 13.5. The summed E-state index contributed by atoms with van der Waals surface area (Å²) in [4.78, 5) is 170. The summed E-state index contributed by atoms with van der Waals surface area (Å²) in [6.07, 6.45) is 3.20. The number of nitrogens with two attached hydrogens (primary N) is 6. The Morgan fingerprint density at radius 1 is 0.586 bits per heavy atom. The lowest BCUT2D eigenvalue weighted by atomic mass is 10.0. The molecule has 36 heteroatoms. The number of rotatable bonds is 43. The van der Waals surface area contributed by atoms with Gasteiger partial charge in [0.05, 0.1) is 25.7 Å². The molecule has 1 rings (SSSR count). The monoisotopic (exact) mass is 1260 g/mol. The molecule has 1 aliphatic heterocycles. The summed E-state index contributed by atoms with van der Waals surface area (Å²) in [5.74, 6) is -9.29. The predicted molar refractivity (Wildman–Crippen MR) is 323 cm³/mol. The molecule has 1 fully saturated rings. The summed E-state index contributed by atoms with van der Waals surface area (Å²) in [6, 6.07) is -8.92. The van der Waals surface area contributed by atoms with Crippen LogP contribution in [0, 0.1) is 5.92 Å². The third kappa shape index (κ3) is 32.7. The summed E-state index contributed by atoms with van der Waals surface area (Å²) in [6.45, 7) is 3.80. The maximum Gasteiger partial charge on any atom is 0.303 e. The van der Waals surface area contributed by atoms with E-state index in [0.717, 1.165) is 0 Å². The van der Waals surface area contributed by atoms with Gasteiger partial charge in [-0.3, -0.25) is 72.5 Å². The molecule has 0 aromatic heterocycles. The number of ether oxygens (including phenoxy) is 1. The van der Waals surface area contributed by atoms with E-state index in [-0.39, 0.29) is 120 Å². The number of hydrogen-bond acceptors (Lipinski definition) is 18. The van der Waals surface area contributed by atoms with E-state index < -0.39 is 139 Å². The first-order valence-corrected chi connectivity index (χ1v) is 29.8. The summed E-state index contributed by atoms with van der Waals surface area (Å²) in [5.41, 5.74) is 32.6.